The number of halogens is 2. The lowest BCUT2D eigenvalue weighted by atomic mass is 10.1. The number of aromatic nitrogens is 2. The molecule has 0 bridgehead atoms. The summed E-state index contributed by atoms with van der Waals surface area (Å²) in [5.41, 5.74) is 6.69. The van der Waals surface area contributed by atoms with Crippen molar-refractivity contribution in [1.29, 1.82) is 0 Å². The largest absolute Gasteiger partial charge is 0.481 e. The van der Waals surface area contributed by atoms with Crippen LogP contribution in [0.15, 0.2) is 60.7 Å². The fourth-order valence-electron chi connectivity index (χ4n) is 4.23. The average Bonchev–Trinajstić information content (AvgIpc) is 3.47. The SMILES string of the molecule is CC(Oc1ccc2ccccc2c1)C(=O)NNC(=O)c1nn(-c2ccc(F)c(F)c2)c2c1CCC2. The van der Waals surface area contributed by atoms with E-state index < -0.39 is 29.6 Å². The molecule has 0 saturated heterocycles. The highest BCUT2D eigenvalue weighted by molar-refractivity contribution is 5.96. The molecule has 0 radical (unpaired) electrons. The number of rotatable bonds is 5. The summed E-state index contributed by atoms with van der Waals surface area (Å²) in [7, 11) is 0. The number of hydrogen-bond donors (Lipinski definition) is 2. The zero-order chi connectivity index (χ0) is 24.5. The molecule has 0 fully saturated rings. The predicted octanol–water partition coefficient (Wildman–Crippen LogP) is 4.02. The van der Waals surface area contributed by atoms with Crippen molar-refractivity contribution in [1.82, 2.24) is 20.6 Å². The van der Waals surface area contributed by atoms with Gasteiger partial charge in [-0.15, -0.1) is 0 Å². The summed E-state index contributed by atoms with van der Waals surface area (Å²) >= 11 is 0. The number of fused-ring (bicyclic) bond motifs is 2. The Balaban J connectivity index is 1.26. The third-order valence-electron chi connectivity index (χ3n) is 6.00. The number of hydrogen-bond acceptors (Lipinski definition) is 4. The van der Waals surface area contributed by atoms with Crippen molar-refractivity contribution in [2.24, 2.45) is 0 Å². The second-order valence-electron chi connectivity index (χ2n) is 8.35. The first-order valence-corrected chi connectivity index (χ1v) is 11.2. The van der Waals surface area contributed by atoms with Crippen LogP contribution in [0, 0.1) is 11.6 Å². The van der Waals surface area contributed by atoms with E-state index in [0.717, 1.165) is 40.6 Å². The predicted molar refractivity (Wildman–Crippen MR) is 125 cm³/mol. The van der Waals surface area contributed by atoms with Crippen LogP contribution in [0.1, 0.15) is 35.1 Å². The van der Waals surface area contributed by atoms with Gasteiger partial charge < -0.3 is 4.74 Å². The second-order valence-corrected chi connectivity index (χ2v) is 8.35. The molecule has 9 heteroatoms. The molecule has 178 valence electrons. The van der Waals surface area contributed by atoms with Crippen LogP contribution in [0.5, 0.6) is 5.75 Å². The lowest BCUT2D eigenvalue weighted by Gasteiger charge is -2.15. The number of nitrogens with one attached hydrogen (secondary N) is 2. The van der Waals surface area contributed by atoms with Crippen molar-refractivity contribution < 1.29 is 23.1 Å². The standard InChI is InChI=1S/C26H22F2N4O3/c1-15(35-19-11-9-16-5-2-3-6-17(16)13-19)25(33)29-30-26(34)24-20-7-4-8-23(20)32(31-24)18-10-12-21(27)22(28)14-18/h2-3,5-6,9-15H,4,7-8H2,1H3,(H,29,33)(H,30,34). The fourth-order valence-corrected chi connectivity index (χ4v) is 4.23. The Kier molecular flexibility index (Phi) is 5.90. The van der Waals surface area contributed by atoms with Crippen LogP contribution >= 0.6 is 0 Å². The van der Waals surface area contributed by atoms with Crippen LogP contribution in [0.25, 0.3) is 16.5 Å². The fraction of sp³-hybridized carbons (Fsp3) is 0.192. The highest BCUT2D eigenvalue weighted by atomic mass is 19.2. The molecule has 7 nitrogen and oxygen atoms in total. The molecule has 1 aromatic heterocycles. The third kappa shape index (κ3) is 4.44. The lowest BCUT2D eigenvalue weighted by Crippen LogP contribution is -2.47. The molecule has 1 aliphatic rings. The van der Waals surface area contributed by atoms with Crippen LogP contribution in [0.3, 0.4) is 0 Å². The van der Waals surface area contributed by atoms with Gasteiger partial charge in [0.25, 0.3) is 11.8 Å². The minimum absolute atomic E-state index is 0.130. The number of carbonyl (C=O) groups is 2. The van der Waals surface area contributed by atoms with Gasteiger partial charge in [-0.05, 0) is 61.2 Å². The van der Waals surface area contributed by atoms with Gasteiger partial charge in [0, 0.05) is 17.3 Å². The van der Waals surface area contributed by atoms with Crippen molar-refractivity contribution in [3.05, 3.63) is 89.2 Å². The van der Waals surface area contributed by atoms with E-state index in [-0.39, 0.29) is 5.69 Å². The van der Waals surface area contributed by atoms with Gasteiger partial charge in [-0.25, -0.2) is 13.5 Å². The number of amides is 2. The number of ether oxygens (including phenoxy) is 1. The summed E-state index contributed by atoms with van der Waals surface area (Å²) in [6.45, 7) is 1.58. The quantitative estimate of drug-likeness (QED) is 0.426. The van der Waals surface area contributed by atoms with Crippen molar-refractivity contribution in [3.8, 4) is 11.4 Å². The van der Waals surface area contributed by atoms with Crippen molar-refractivity contribution in [2.75, 3.05) is 0 Å². The summed E-state index contributed by atoms with van der Waals surface area (Å²) in [4.78, 5) is 25.3. The van der Waals surface area contributed by atoms with Crippen molar-refractivity contribution >= 4 is 22.6 Å². The molecule has 2 amide bonds. The highest BCUT2D eigenvalue weighted by Gasteiger charge is 2.28. The molecule has 3 aromatic carbocycles. The number of carbonyl (C=O) groups excluding carboxylic acids is 2. The summed E-state index contributed by atoms with van der Waals surface area (Å²) in [6.07, 6.45) is 1.21. The first-order valence-electron chi connectivity index (χ1n) is 11.2. The maximum atomic E-state index is 13.7. The van der Waals surface area contributed by atoms with E-state index in [1.165, 1.54) is 10.7 Å². The third-order valence-corrected chi connectivity index (χ3v) is 6.00. The van der Waals surface area contributed by atoms with Crippen LogP contribution in [0.4, 0.5) is 8.78 Å². The van der Waals surface area contributed by atoms with Gasteiger partial charge in [0.2, 0.25) is 0 Å². The summed E-state index contributed by atoms with van der Waals surface area (Å²) in [5.74, 6) is -2.57. The molecule has 35 heavy (non-hydrogen) atoms. The molecule has 1 heterocycles. The van der Waals surface area contributed by atoms with Crippen LogP contribution in [-0.4, -0.2) is 27.7 Å². The molecular weight excluding hydrogens is 454 g/mol. The van der Waals surface area contributed by atoms with Crippen molar-refractivity contribution in [3.63, 3.8) is 0 Å². The zero-order valence-electron chi connectivity index (χ0n) is 18.8. The summed E-state index contributed by atoms with van der Waals surface area (Å²) in [5, 5.41) is 6.36. The molecule has 1 unspecified atom stereocenters. The lowest BCUT2D eigenvalue weighted by molar-refractivity contribution is -0.128. The van der Waals surface area contributed by atoms with E-state index in [1.54, 1.807) is 13.0 Å². The van der Waals surface area contributed by atoms with E-state index in [0.29, 0.717) is 24.3 Å². The Hall–Kier alpha value is -4.27. The molecule has 0 aliphatic heterocycles. The van der Waals surface area contributed by atoms with E-state index in [1.807, 2.05) is 36.4 Å². The van der Waals surface area contributed by atoms with E-state index in [9.17, 15) is 18.4 Å². The number of hydrazine groups is 1. The maximum Gasteiger partial charge on any atom is 0.290 e. The molecule has 0 spiro atoms. The zero-order valence-corrected chi connectivity index (χ0v) is 18.8. The van der Waals surface area contributed by atoms with Crippen LogP contribution in [-0.2, 0) is 17.6 Å². The maximum absolute atomic E-state index is 13.7. The Morgan fingerprint density at radius 2 is 1.77 bits per heavy atom. The van der Waals surface area contributed by atoms with Crippen molar-refractivity contribution in [2.45, 2.75) is 32.3 Å². The average molecular weight is 476 g/mol. The Bertz CT molecular complexity index is 1450. The molecule has 0 saturated carbocycles. The molecule has 4 aromatic rings. The van der Waals surface area contributed by atoms with Gasteiger partial charge >= 0.3 is 0 Å². The Labute approximate surface area is 199 Å². The van der Waals surface area contributed by atoms with Gasteiger partial charge in [-0.3, -0.25) is 20.4 Å². The van der Waals surface area contributed by atoms with E-state index in [4.69, 9.17) is 4.74 Å². The second kappa shape index (κ2) is 9.17. The van der Waals surface area contributed by atoms with Gasteiger partial charge in [0.15, 0.2) is 23.4 Å². The number of nitrogens with zero attached hydrogens (tertiary/aromatic N) is 2. The van der Waals surface area contributed by atoms with E-state index in [2.05, 4.69) is 16.0 Å². The van der Waals surface area contributed by atoms with Gasteiger partial charge in [-0.2, -0.15) is 5.10 Å². The first-order chi connectivity index (χ1) is 16.9. The normalized spacial score (nSPS) is 13.3. The van der Waals surface area contributed by atoms with Gasteiger partial charge in [-0.1, -0.05) is 30.3 Å². The van der Waals surface area contributed by atoms with Crippen LogP contribution in [0.2, 0.25) is 0 Å². The molecule has 1 atom stereocenters. The minimum atomic E-state index is -0.997. The van der Waals surface area contributed by atoms with E-state index >= 15 is 0 Å². The highest BCUT2D eigenvalue weighted by Crippen LogP contribution is 2.28. The molecule has 2 N–H and O–H groups in total. The minimum Gasteiger partial charge on any atom is -0.481 e. The first kappa shape index (κ1) is 22.5. The Morgan fingerprint density at radius 1 is 0.971 bits per heavy atom. The Morgan fingerprint density at radius 3 is 2.57 bits per heavy atom. The molecular formula is C26H22F2N4O3. The smallest absolute Gasteiger partial charge is 0.290 e. The molecule has 5 rings (SSSR count). The summed E-state index contributed by atoms with van der Waals surface area (Å²) < 4.78 is 34.3. The number of benzene rings is 3. The van der Waals surface area contributed by atoms with Gasteiger partial charge in [0.1, 0.15) is 5.75 Å². The topological polar surface area (TPSA) is 85.2 Å². The molecule has 1 aliphatic carbocycles. The van der Waals surface area contributed by atoms with Crippen LogP contribution < -0.4 is 15.6 Å². The monoisotopic (exact) mass is 476 g/mol. The summed E-state index contributed by atoms with van der Waals surface area (Å²) in [6, 6.07) is 16.8. The van der Waals surface area contributed by atoms with Gasteiger partial charge in [0.05, 0.1) is 5.69 Å².